The van der Waals surface area contributed by atoms with E-state index in [0.717, 1.165) is 71.8 Å². The van der Waals surface area contributed by atoms with E-state index >= 15 is 0 Å². The number of ketones is 2. The summed E-state index contributed by atoms with van der Waals surface area (Å²) in [6.07, 6.45) is 14.4. The summed E-state index contributed by atoms with van der Waals surface area (Å²) in [6, 6.07) is 13.9. The number of nitrogens with one attached hydrogen (secondary N) is 5. The molecule has 11 amide bonds. The highest BCUT2D eigenvalue weighted by atomic mass is 32.2. The number of rotatable bonds is 36. The van der Waals surface area contributed by atoms with Gasteiger partial charge in [0.15, 0.2) is 0 Å². The third kappa shape index (κ3) is 22.5. The number of ether oxygens (including phenoxy) is 4. The molecule has 26 nitrogen and oxygen atoms in total. The number of fused-ring (bicyclic) bond motifs is 2. The zero-order chi connectivity index (χ0) is 64.2. The Morgan fingerprint density at radius 1 is 0.500 bits per heavy atom. The predicted octanol–water partition coefficient (Wildman–Crippen LogP) is 3.20. The first-order valence-electron chi connectivity index (χ1n) is 30.6. The van der Waals surface area contributed by atoms with Gasteiger partial charge in [-0.25, -0.2) is 24.2 Å². The fourth-order valence-corrected chi connectivity index (χ4v) is 13.7. The molecule has 0 radical (unpaired) electrons. The van der Waals surface area contributed by atoms with Gasteiger partial charge in [0, 0.05) is 118 Å². The van der Waals surface area contributed by atoms with Crippen LogP contribution in [0.25, 0.3) is 0 Å². The fourth-order valence-electron chi connectivity index (χ4n) is 10.6. The molecule has 6 unspecified atom stereocenters. The summed E-state index contributed by atoms with van der Waals surface area (Å²) in [5, 5.41) is 16.2. The number of nitrogens with zero attached hydrogens (tertiary/aromatic N) is 3. The second kappa shape index (κ2) is 37.1. The summed E-state index contributed by atoms with van der Waals surface area (Å²) < 4.78 is 21.6. The van der Waals surface area contributed by atoms with E-state index in [-0.39, 0.29) is 85.4 Å². The Hall–Kier alpha value is -7.34. The first kappa shape index (κ1) is 70.1. The summed E-state index contributed by atoms with van der Waals surface area (Å²) >= 11 is 3.82. The van der Waals surface area contributed by atoms with Gasteiger partial charge in [-0.1, -0.05) is 37.1 Å². The lowest BCUT2D eigenvalue weighted by atomic mass is 10.0. The van der Waals surface area contributed by atoms with Crippen molar-refractivity contribution in [1.82, 2.24) is 31.6 Å². The number of hydrogen-bond acceptors (Lipinski definition) is 20. The van der Waals surface area contributed by atoms with Crippen molar-refractivity contribution in [3.05, 3.63) is 84.0 Å². The molecule has 7 heterocycles. The van der Waals surface area contributed by atoms with Crippen molar-refractivity contribution in [2.45, 2.75) is 137 Å². The van der Waals surface area contributed by atoms with Gasteiger partial charge >= 0.3 is 18.0 Å². The number of anilines is 2. The van der Waals surface area contributed by atoms with Crippen LogP contribution >= 0.6 is 23.5 Å². The van der Waals surface area contributed by atoms with Crippen molar-refractivity contribution < 1.29 is 81.3 Å². The van der Waals surface area contributed by atoms with Gasteiger partial charge in [-0.05, 0) is 73.9 Å². The molecular formula is C62H81N9O17S2. The van der Waals surface area contributed by atoms with Crippen LogP contribution in [0.3, 0.4) is 0 Å². The smallest absolute Gasteiger partial charge is 0.337 e. The maximum Gasteiger partial charge on any atom is 0.337 e. The van der Waals surface area contributed by atoms with Crippen LogP contribution in [0.2, 0.25) is 0 Å². The molecule has 488 valence electrons. The monoisotopic (exact) mass is 1290 g/mol. The molecule has 7 aliphatic rings. The predicted molar refractivity (Wildman–Crippen MR) is 332 cm³/mol. The minimum atomic E-state index is -0.749. The van der Waals surface area contributed by atoms with Gasteiger partial charge in [0.05, 0.1) is 81.6 Å². The number of amides is 11. The van der Waals surface area contributed by atoms with Gasteiger partial charge in [0.1, 0.15) is 11.6 Å². The molecule has 9 rings (SSSR count). The molecule has 0 aromatic heterocycles. The molecule has 90 heavy (non-hydrogen) atoms. The Morgan fingerprint density at radius 3 is 1.42 bits per heavy atom. The van der Waals surface area contributed by atoms with Crippen LogP contribution in [-0.4, -0.2) is 188 Å². The van der Waals surface area contributed by atoms with E-state index in [1.165, 1.54) is 36.4 Å². The number of thioether (sulfide) groups is 2. The van der Waals surface area contributed by atoms with Crippen molar-refractivity contribution >= 4 is 106 Å². The quantitative estimate of drug-likeness (QED) is 0.0324. The van der Waals surface area contributed by atoms with Gasteiger partial charge in [-0.15, -0.1) is 5.06 Å². The van der Waals surface area contributed by atoms with Gasteiger partial charge in [-0.2, -0.15) is 23.5 Å². The lowest BCUT2D eigenvalue weighted by Crippen LogP contribution is -2.36. The summed E-state index contributed by atoms with van der Waals surface area (Å²) in [7, 11) is 0. The fraction of sp³-hybridized carbons (Fsp3) is 0.548. The molecule has 0 bridgehead atoms. The van der Waals surface area contributed by atoms with E-state index < -0.39 is 29.6 Å². The van der Waals surface area contributed by atoms with Gasteiger partial charge in [-0.3, -0.25) is 43.2 Å². The minimum Gasteiger partial charge on any atom is -0.379 e. The zero-order valence-corrected chi connectivity index (χ0v) is 52.0. The number of benzene rings is 2. The number of urea groups is 2. The molecule has 2 aromatic carbocycles. The van der Waals surface area contributed by atoms with Crippen molar-refractivity contribution in [3.63, 3.8) is 0 Å². The van der Waals surface area contributed by atoms with Crippen molar-refractivity contribution in [3.8, 4) is 0 Å². The lowest BCUT2D eigenvalue weighted by molar-refractivity contribution is -0.197. The third-order valence-electron chi connectivity index (χ3n) is 15.2. The normalized spacial score (nSPS) is 21.1. The summed E-state index contributed by atoms with van der Waals surface area (Å²) in [5.41, 5.74) is 7.56. The second-order valence-electron chi connectivity index (χ2n) is 22.0. The number of hydrogen-bond donors (Lipinski definition) is 6. The number of imide groups is 3. The second-order valence-corrected chi connectivity index (χ2v) is 24.6. The number of carbonyl (C=O) groups excluding carboxylic acids is 12. The molecule has 7 aliphatic heterocycles. The largest absolute Gasteiger partial charge is 0.379 e. The van der Waals surface area contributed by atoms with Crippen LogP contribution in [0.1, 0.15) is 101 Å². The lowest BCUT2D eigenvalue weighted by Gasteiger charge is -2.16. The highest BCUT2D eigenvalue weighted by Gasteiger charge is 2.44. The van der Waals surface area contributed by atoms with E-state index in [1.54, 1.807) is 36.4 Å². The molecule has 5 saturated heterocycles. The Bertz CT molecular complexity index is 2860. The highest BCUT2D eigenvalue weighted by molar-refractivity contribution is 8.00. The number of Topliss-reactive ketones (excluding diaryl/α,β-unsaturated/α-hetero) is 2. The number of hydroxylamine groups is 2. The molecule has 5 fully saturated rings. The summed E-state index contributed by atoms with van der Waals surface area (Å²) in [4.78, 5) is 147. The Morgan fingerprint density at radius 2 is 0.933 bits per heavy atom. The van der Waals surface area contributed by atoms with Crippen LogP contribution in [0, 0.1) is 0 Å². The average molecular weight is 1290 g/mol. The maximum atomic E-state index is 12.3. The van der Waals surface area contributed by atoms with E-state index in [2.05, 4.69) is 26.6 Å². The van der Waals surface area contributed by atoms with Gasteiger partial charge in [0.2, 0.25) is 5.91 Å². The maximum absolute atomic E-state index is 12.3. The topological polar surface area (TPSA) is 347 Å². The molecule has 2 aromatic rings. The van der Waals surface area contributed by atoms with Crippen LogP contribution in [0.15, 0.2) is 72.8 Å². The first-order chi connectivity index (χ1) is 43.6. The van der Waals surface area contributed by atoms with Crippen molar-refractivity contribution in [1.29, 1.82) is 0 Å². The SMILES string of the molecule is NCCOCCOCCCC(=O)CCCCC1SCC2NC(=O)NC21.O=C(CCCOCCOCCNC(=O)CCCCC1SCC2NC(=O)NC21)Cc1ccc(N2C(=O)C=CC2=O)cc1.O=C(Cc1ccc(N2C(=O)C=CC2=O)cc1)ON1C(=O)CCC1=O. The van der Waals surface area contributed by atoms with Crippen molar-refractivity contribution in [2.75, 3.05) is 87.3 Å². The first-order valence-corrected chi connectivity index (χ1v) is 32.7. The van der Waals surface area contributed by atoms with Crippen LogP contribution in [-0.2, 0) is 84.6 Å². The van der Waals surface area contributed by atoms with E-state index in [4.69, 9.17) is 29.5 Å². The number of carbonyl (C=O) groups is 12. The Balaban J connectivity index is 0.000000203. The zero-order valence-electron chi connectivity index (χ0n) is 50.4. The van der Waals surface area contributed by atoms with E-state index in [0.29, 0.717) is 136 Å². The van der Waals surface area contributed by atoms with Gasteiger partial charge < -0.3 is 56.1 Å². The molecule has 28 heteroatoms. The standard InChI is InChI=1S/C29H38N4O7S.C17H31N3O4S.C16H12N2O6/c34-22(18-20-7-9-21(10-8-20)33-26(36)11-12-27(33)37)4-3-14-39-16-17-40-15-13-30-25(35)6-2-1-5-24-28-23(19-41-24)31-29(38)32-28;18-7-9-24-11-10-23-8-3-5-13(21)4-1-2-6-15-16-14(12-25-15)19-17(22)20-16;19-12-5-6-13(20)17(12)11-3-1-10(2-4-11)9-16(23)24-18-14(21)7-8-15(18)22/h7-12,23-24,28H,1-6,13-19H2,(H,30,35)(H2,31,32,38);14-16H,1-12,18H2,(H2,19,20,22);1-6H,7-9H2. The molecule has 0 spiro atoms. The minimum absolute atomic E-state index is 0.0207. The Labute approximate surface area is 530 Å². The van der Waals surface area contributed by atoms with Crippen LogP contribution < -0.4 is 42.1 Å². The number of nitrogens with two attached hydrogens (primary N) is 1. The van der Waals surface area contributed by atoms with E-state index in [1.807, 2.05) is 23.5 Å². The number of unbranched alkanes of at least 4 members (excludes halogenated alkanes) is 2. The molecular weight excluding hydrogens is 1210 g/mol. The highest BCUT2D eigenvalue weighted by Crippen LogP contribution is 2.34. The summed E-state index contributed by atoms with van der Waals surface area (Å²) in [5.74, 6) is -1.06. The Kier molecular flexibility index (Phi) is 28.9. The summed E-state index contributed by atoms with van der Waals surface area (Å²) in [6.45, 7) is 4.97. The molecule has 0 saturated carbocycles. The third-order valence-corrected chi connectivity index (χ3v) is 18.2. The van der Waals surface area contributed by atoms with Crippen LogP contribution in [0.5, 0.6) is 0 Å². The molecule has 7 N–H and O–H groups in total. The molecule has 6 atom stereocenters. The van der Waals surface area contributed by atoms with Gasteiger partial charge in [0.25, 0.3) is 35.4 Å². The van der Waals surface area contributed by atoms with E-state index in [9.17, 15) is 57.5 Å². The molecule has 0 aliphatic carbocycles. The van der Waals surface area contributed by atoms with Crippen LogP contribution in [0.4, 0.5) is 21.0 Å². The average Bonchev–Trinajstić information content (AvgIpc) is 1.93. The van der Waals surface area contributed by atoms with Crippen molar-refractivity contribution in [2.24, 2.45) is 5.73 Å².